The molecule has 1 saturated heterocycles. The van der Waals surface area contributed by atoms with Crippen LogP contribution in [-0.4, -0.2) is 81.5 Å². The molecular formula is C29H37FN6O3. The number of carbonyl (C=O) groups excluding carboxylic acids is 1. The molecule has 10 heteroatoms. The van der Waals surface area contributed by atoms with Crippen LogP contribution >= 0.6 is 0 Å². The van der Waals surface area contributed by atoms with Gasteiger partial charge in [-0.05, 0) is 54.6 Å². The lowest BCUT2D eigenvalue weighted by molar-refractivity contribution is 0.0938. The smallest absolute Gasteiger partial charge is 0.289 e. The maximum absolute atomic E-state index is 15.8. The van der Waals surface area contributed by atoms with Gasteiger partial charge >= 0.3 is 0 Å². The Morgan fingerprint density at radius 1 is 1.13 bits per heavy atom. The SMILES string of the molecule is CCN1CCN(Cc2ccc(-n3c(C(=O)NC4CC4)nnc3-c3cc(C(C)C)c(OC)cc3O)c(F)c2)CC1. The first-order chi connectivity index (χ1) is 18.8. The van der Waals surface area contributed by atoms with Crippen molar-refractivity contribution >= 4 is 5.91 Å². The summed E-state index contributed by atoms with van der Waals surface area (Å²) in [6, 6.07) is 8.44. The lowest BCUT2D eigenvalue weighted by Crippen LogP contribution is -2.45. The van der Waals surface area contributed by atoms with Crippen molar-refractivity contribution in [2.45, 2.75) is 52.1 Å². The van der Waals surface area contributed by atoms with E-state index in [2.05, 4.69) is 32.2 Å². The molecule has 2 aliphatic rings. The van der Waals surface area contributed by atoms with Crippen LogP contribution in [-0.2, 0) is 6.54 Å². The highest BCUT2D eigenvalue weighted by Gasteiger charge is 2.30. The third kappa shape index (κ3) is 5.77. The first-order valence-corrected chi connectivity index (χ1v) is 13.7. The van der Waals surface area contributed by atoms with Gasteiger partial charge in [0.2, 0.25) is 5.82 Å². The molecule has 2 heterocycles. The Balaban J connectivity index is 1.53. The van der Waals surface area contributed by atoms with Gasteiger partial charge < -0.3 is 20.1 Å². The summed E-state index contributed by atoms with van der Waals surface area (Å²) in [6.07, 6.45) is 1.80. The number of nitrogens with zero attached hydrogens (tertiary/aromatic N) is 5. The van der Waals surface area contributed by atoms with Gasteiger partial charge in [0.1, 0.15) is 17.3 Å². The molecule has 2 aromatic carbocycles. The number of aromatic hydroxyl groups is 1. The molecule has 208 valence electrons. The largest absolute Gasteiger partial charge is 0.507 e. The van der Waals surface area contributed by atoms with E-state index in [9.17, 15) is 9.90 Å². The van der Waals surface area contributed by atoms with Crippen molar-refractivity contribution in [3.05, 3.63) is 53.1 Å². The fraction of sp³-hybridized carbons (Fsp3) is 0.483. The number of amides is 1. The molecule has 5 rings (SSSR count). The van der Waals surface area contributed by atoms with Gasteiger partial charge in [0.25, 0.3) is 5.91 Å². The minimum absolute atomic E-state index is 0.0273. The third-order valence-electron chi connectivity index (χ3n) is 7.56. The van der Waals surface area contributed by atoms with Gasteiger partial charge in [0, 0.05) is 44.8 Å². The Morgan fingerprint density at radius 3 is 2.46 bits per heavy atom. The average molecular weight is 537 g/mol. The van der Waals surface area contributed by atoms with Crippen LogP contribution in [0.1, 0.15) is 61.3 Å². The number of halogens is 1. The van der Waals surface area contributed by atoms with E-state index in [1.807, 2.05) is 19.9 Å². The maximum atomic E-state index is 15.8. The molecule has 2 fully saturated rings. The molecular weight excluding hydrogens is 499 g/mol. The minimum Gasteiger partial charge on any atom is -0.507 e. The summed E-state index contributed by atoms with van der Waals surface area (Å²) in [5.41, 5.74) is 2.20. The summed E-state index contributed by atoms with van der Waals surface area (Å²) in [5, 5.41) is 22.3. The molecule has 0 unspecified atom stereocenters. The van der Waals surface area contributed by atoms with E-state index in [-0.39, 0.29) is 35.0 Å². The molecule has 1 saturated carbocycles. The second-order valence-electron chi connectivity index (χ2n) is 10.7. The highest BCUT2D eigenvalue weighted by atomic mass is 19.1. The number of rotatable bonds is 9. The van der Waals surface area contributed by atoms with E-state index in [4.69, 9.17) is 4.74 Å². The standard InChI is InChI=1S/C29H37FN6O3/c1-5-34-10-12-35(13-11-34)17-19-6-9-24(23(30)14-19)36-27(32-33-28(36)29(38)31-20-7-8-20)22-15-21(18(2)3)26(39-4)16-25(22)37/h6,9,14-16,18,20,37H,5,7-8,10-13,17H2,1-4H3,(H,31,38). The van der Waals surface area contributed by atoms with Crippen molar-refractivity contribution in [2.24, 2.45) is 0 Å². The van der Waals surface area contributed by atoms with Gasteiger partial charge in [-0.3, -0.25) is 14.3 Å². The molecule has 9 nitrogen and oxygen atoms in total. The van der Waals surface area contributed by atoms with E-state index >= 15 is 4.39 Å². The molecule has 1 aromatic heterocycles. The molecule has 0 atom stereocenters. The van der Waals surface area contributed by atoms with Crippen LogP contribution in [0.4, 0.5) is 4.39 Å². The number of methoxy groups -OCH3 is 1. The Kier molecular flexibility index (Phi) is 7.86. The zero-order chi connectivity index (χ0) is 27.7. The lowest BCUT2D eigenvalue weighted by Gasteiger charge is -2.34. The Hall–Kier alpha value is -3.50. The van der Waals surface area contributed by atoms with E-state index in [0.29, 0.717) is 17.9 Å². The molecule has 1 aliphatic carbocycles. The Bertz CT molecular complexity index is 1350. The topological polar surface area (TPSA) is 95.8 Å². The highest BCUT2D eigenvalue weighted by molar-refractivity contribution is 5.92. The van der Waals surface area contributed by atoms with Crippen molar-refractivity contribution in [1.29, 1.82) is 0 Å². The summed E-state index contributed by atoms with van der Waals surface area (Å²) in [4.78, 5) is 17.9. The number of benzene rings is 2. The van der Waals surface area contributed by atoms with Gasteiger partial charge in [0.05, 0.1) is 18.4 Å². The second-order valence-corrected chi connectivity index (χ2v) is 10.7. The van der Waals surface area contributed by atoms with Crippen LogP contribution in [0.15, 0.2) is 30.3 Å². The summed E-state index contributed by atoms with van der Waals surface area (Å²) in [7, 11) is 1.55. The van der Waals surface area contributed by atoms with Crippen molar-refractivity contribution in [1.82, 2.24) is 29.9 Å². The molecule has 1 amide bonds. The number of aromatic nitrogens is 3. The van der Waals surface area contributed by atoms with E-state index in [1.54, 1.807) is 19.2 Å². The van der Waals surface area contributed by atoms with Crippen molar-refractivity contribution < 1.29 is 19.0 Å². The van der Waals surface area contributed by atoms with Crippen molar-refractivity contribution in [3.8, 4) is 28.6 Å². The zero-order valence-corrected chi connectivity index (χ0v) is 23.1. The molecule has 39 heavy (non-hydrogen) atoms. The molecule has 2 N–H and O–H groups in total. The van der Waals surface area contributed by atoms with Crippen LogP contribution in [0.2, 0.25) is 0 Å². The monoisotopic (exact) mass is 536 g/mol. The van der Waals surface area contributed by atoms with Gasteiger partial charge in [-0.2, -0.15) is 0 Å². The molecule has 0 spiro atoms. The zero-order valence-electron chi connectivity index (χ0n) is 23.1. The first-order valence-electron chi connectivity index (χ1n) is 13.7. The predicted octanol–water partition coefficient (Wildman–Crippen LogP) is 3.94. The normalized spacial score (nSPS) is 16.6. The number of likely N-dealkylation sites (N-methyl/N-ethyl adjacent to an activating group) is 1. The number of hydrogen-bond donors (Lipinski definition) is 2. The van der Waals surface area contributed by atoms with Crippen LogP contribution in [0.5, 0.6) is 11.5 Å². The summed E-state index contributed by atoms with van der Waals surface area (Å²) in [5.74, 6) is -0.227. The van der Waals surface area contributed by atoms with Gasteiger partial charge in [0.15, 0.2) is 5.82 Å². The van der Waals surface area contributed by atoms with E-state index in [0.717, 1.165) is 56.7 Å². The number of carbonyl (C=O) groups is 1. The van der Waals surface area contributed by atoms with E-state index in [1.165, 1.54) is 16.7 Å². The van der Waals surface area contributed by atoms with Crippen molar-refractivity contribution in [3.63, 3.8) is 0 Å². The third-order valence-corrected chi connectivity index (χ3v) is 7.56. The summed E-state index contributed by atoms with van der Waals surface area (Å²) >= 11 is 0. The van der Waals surface area contributed by atoms with Gasteiger partial charge in [-0.15, -0.1) is 10.2 Å². The summed E-state index contributed by atoms with van der Waals surface area (Å²) < 4.78 is 22.7. The highest BCUT2D eigenvalue weighted by Crippen LogP contribution is 2.39. The van der Waals surface area contributed by atoms with Gasteiger partial charge in [-0.1, -0.05) is 26.8 Å². The fourth-order valence-corrected chi connectivity index (χ4v) is 5.06. The second kappa shape index (κ2) is 11.3. The molecule has 1 aliphatic heterocycles. The average Bonchev–Trinajstić information content (AvgIpc) is 3.63. The first kappa shape index (κ1) is 27.1. The number of phenols is 1. The van der Waals surface area contributed by atoms with Crippen LogP contribution in [0, 0.1) is 5.82 Å². The Labute approximate surface area is 228 Å². The molecule has 0 radical (unpaired) electrons. The minimum atomic E-state index is -0.488. The number of piperazine rings is 1. The number of phenolic OH excluding ortho intramolecular Hbond substituents is 1. The number of ether oxygens (including phenoxy) is 1. The number of nitrogens with one attached hydrogen (secondary N) is 1. The lowest BCUT2D eigenvalue weighted by atomic mass is 9.98. The maximum Gasteiger partial charge on any atom is 0.289 e. The van der Waals surface area contributed by atoms with Crippen LogP contribution < -0.4 is 10.1 Å². The summed E-state index contributed by atoms with van der Waals surface area (Å²) in [6.45, 7) is 11.8. The van der Waals surface area contributed by atoms with Crippen LogP contribution in [0.25, 0.3) is 17.1 Å². The van der Waals surface area contributed by atoms with Gasteiger partial charge in [-0.25, -0.2) is 4.39 Å². The molecule has 0 bridgehead atoms. The quantitative estimate of drug-likeness (QED) is 0.428. The van der Waals surface area contributed by atoms with Crippen molar-refractivity contribution in [2.75, 3.05) is 39.8 Å². The van der Waals surface area contributed by atoms with E-state index < -0.39 is 11.7 Å². The Morgan fingerprint density at radius 2 is 1.85 bits per heavy atom. The van der Waals surface area contributed by atoms with Crippen LogP contribution in [0.3, 0.4) is 0 Å². The predicted molar refractivity (Wildman–Crippen MR) is 147 cm³/mol. The number of hydrogen-bond acceptors (Lipinski definition) is 7. The molecule has 3 aromatic rings. The fourth-order valence-electron chi connectivity index (χ4n) is 5.06.